The zero-order valence-corrected chi connectivity index (χ0v) is 9.93. The quantitative estimate of drug-likeness (QED) is 0.655. The second-order valence-corrected chi connectivity index (χ2v) is 3.99. The summed E-state index contributed by atoms with van der Waals surface area (Å²) in [5, 5.41) is 3.40. The summed E-state index contributed by atoms with van der Waals surface area (Å²) in [6.07, 6.45) is 1.24. The Morgan fingerprint density at radius 1 is 1.15 bits per heavy atom. The Morgan fingerprint density at radius 2 is 1.77 bits per heavy atom. The molecule has 0 bridgehead atoms. The van der Waals surface area contributed by atoms with Gasteiger partial charge in [0.05, 0.1) is 0 Å². The minimum absolute atomic E-state index is 0.653. The zero-order chi connectivity index (χ0) is 10.3. The highest BCUT2D eigenvalue weighted by Gasteiger charge is 2.14. The average molecular weight is 186 g/mol. The van der Waals surface area contributed by atoms with Gasteiger partial charge in [-0.2, -0.15) is 0 Å². The van der Waals surface area contributed by atoms with E-state index >= 15 is 0 Å². The van der Waals surface area contributed by atoms with Crippen molar-refractivity contribution in [1.29, 1.82) is 0 Å². The first-order valence-electron chi connectivity index (χ1n) is 5.59. The maximum Gasteiger partial charge on any atom is 0.0195 e. The maximum atomic E-state index is 3.40. The van der Waals surface area contributed by atoms with Crippen molar-refractivity contribution in [3.05, 3.63) is 0 Å². The highest BCUT2D eigenvalue weighted by atomic mass is 15.2. The van der Waals surface area contributed by atoms with Crippen LogP contribution in [0.1, 0.15) is 41.0 Å². The highest BCUT2D eigenvalue weighted by Crippen LogP contribution is 2.05. The van der Waals surface area contributed by atoms with Crippen LogP contribution < -0.4 is 5.32 Å². The smallest absolute Gasteiger partial charge is 0.0195 e. The van der Waals surface area contributed by atoms with E-state index in [4.69, 9.17) is 0 Å². The van der Waals surface area contributed by atoms with Crippen LogP contribution in [0.2, 0.25) is 0 Å². The highest BCUT2D eigenvalue weighted by molar-refractivity contribution is 4.72. The fourth-order valence-electron chi connectivity index (χ4n) is 1.72. The number of hydrogen-bond donors (Lipinski definition) is 1. The first-order valence-corrected chi connectivity index (χ1v) is 5.59. The molecule has 0 aliphatic carbocycles. The monoisotopic (exact) mass is 186 g/mol. The van der Waals surface area contributed by atoms with Crippen LogP contribution in [0, 0.1) is 0 Å². The number of likely N-dealkylation sites (N-methyl/N-ethyl adjacent to an activating group) is 1. The molecular weight excluding hydrogens is 160 g/mol. The summed E-state index contributed by atoms with van der Waals surface area (Å²) in [5.41, 5.74) is 0. The van der Waals surface area contributed by atoms with Crippen LogP contribution >= 0.6 is 0 Å². The third kappa shape index (κ3) is 5.27. The van der Waals surface area contributed by atoms with Crippen LogP contribution in [0.5, 0.6) is 0 Å². The average Bonchev–Trinajstić information content (AvgIpc) is 2.09. The Bertz CT molecular complexity index is 113. The summed E-state index contributed by atoms with van der Waals surface area (Å²) >= 11 is 0. The van der Waals surface area contributed by atoms with Gasteiger partial charge >= 0.3 is 0 Å². The molecule has 0 aliphatic heterocycles. The molecule has 1 unspecified atom stereocenters. The molecular formula is C11H26N2. The standard InChI is InChI=1S/C11H26N2/c1-6-8-13(10(3)4)11(5)9-12-7-2/h10-12H,6-9H2,1-5H3. The number of hydrogen-bond acceptors (Lipinski definition) is 2. The molecule has 13 heavy (non-hydrogen) atoms. The summed E-state index contributed by atoms with van der Waals surface area (Å²) in [4.78, 5) is 2.56. The van der Waals surface area contributed by atoms with Crippen molar-refractivity contribution in [2.45, 2.75) is 53.1 Å². The molecule has 0 spiro atoms. The molecule has 0 amide bonds. The summed E-state index contributed by atoms with van der Waals surface area (Å²) in [7, 11) is 0. The number of rotatable bonds is 7. The van der Waals surface area contributed by atoms with Gasteiger partial charge in [0.15, 0.2) is 0 Å². The summed E-state index contributed by atoms with van der Waals surface area (Å²) in [6.45, 7) is 14.7. The van der Waals surface area contributed by atoms with Crippen molar-refractivity contribution >= 4 is 0 Å². The van der Waals surface area contributed by atoms with Gasteiger partial charge in [0.2, 0.25) is 0 Å². The van der Waals surface area contributed by atoms with Gasteiger partial charge in [-0.05, 0) is 40.3 Å². The first-order chi connectivity index (χ1) is 6.13. The molecule has 0 radical (unpaired) electrons. The molecule has 0 fully saturated rings. The molecule has 2 heteroatoms. The van der Waals surface area contributed by atoms with Gasteiger partial charge in [-0.1, -0.05) is 13.8 Å². The number of nitrogens with zero attached hydrogens (tertiary/aromatic N) is 1. The van der Waals surface area contributed by atoms with Gasteiger partial charge in [0.1, 0.15) is 0 Å². The molecule has 0 heterocycles. The van der Waals surface area contributed by atoms with Gasteiger partial charge in [-0.15, -0.1) is 0 Å². The lowest BCUT2D eigenvalue weighted by atomic mass is 10.2. The third-order valence-electron chi connectivity index (χ3n) is 2.40. The predicted octanol–water partition coefficient (Wildman–Crippen LogP) is 2.10. The number of nitrogens with one attached hydrogen (secondary N) is 1. The van der Waals surface area contributed by atoms with E-state index in [0.717, 1.165) is 13.1 Å². The van der Waals surface area contributed by atoms with Crippen LogP contribution in [0.25, 0.3) is 0 Å². The van der Waals surface area contributed by atoms with Gasteiger partial charge < -0.3 is 5.32 Å². The topological polar surface area (TPSA) is 15.3 Å². The largest absolute Gasteiger partial charge is 0.315 e. The second kappa shape index (κ2) is 7.34. The predicted molar refractivity (Wildman–Crippen MR) is 60.1 cm³/mol. The van der Waals surface area contributed by atoms with E-state index in [1.807, 2.05) is 0 Å². The van der Waals surface area contributed by atoms with E-state index in [1.54, 1.807) is 0 Å². The molecule has 0 aromatic rings. The Balaban J connectivity index is 3.87. The molecule has 2 nitrogen and oxygen atoms in total. The fourth-order valence-corrected chi connectivity index (χ4v) is 1.72. The van der Waals surface area contributed by atoms with E-state index in [0.29, 0.717) is 12.1 Å². The van der Waals surface area contributed by atoms with Crippen molar-refractivity contribution in [2.24, 2.45) is 0 Å². The van der Waals surface area contributed by atoms with E-state index < -0.39 is 0 Å². The lowest BCUT2D eigenvalue weighted by Crippen LogP contribution is -2.44. The molecule has 0 aliphatic rings. The van der Waals surface area contributed by atoms with Crippen LogP contribution in [0.3, 0.4) is 0 Å². The maximum absolute atomic E-state index is 3.40. The van der Waals surface area contributed by atoms with Crippen molar-refractivity contribution in [2.75, 3.05) is 19.6 Å². The first kappa shape index (κ1) is 12.9. The van der Waals surface area contributed by atoms with Crippen LogP contribution in [-0.4, -0.2) is 36.6 Å². The fraction of sp³-hybridized carbons (Fsp3) is 1.00. The Morgan fingerprint density at radius 3 is 2.15 bits per heavy atom. The Kier molecular flexibility index (Phi) is 7.29. The van der Waals surface area contributed by atoms with Crippen LogP contribution in [0.4, 0.5) is 0 Å². The summed E-state index contributed by atoms with van der Waals surface area (Å²) in [6, 6.07) is 1.31. The normalized spacial score (nSPS) is 14.1. The van der Waals surface area contributed by atoms with Crippen molar-refractivity contribution in [3.63, 3.8) is 0 Å². The van der Waals surface area contributed by atoms with Gasteiger partial charge in [0, 0.05) is 18.6 Å². The Hall–Kier alpha value is -0.0800. The van der Waals surface area contributed by atoms with Crippen LogP contribution in [0.15, 0.2) is 0 Å². The van der Waals surface area contributed by atoms with Crippen molar-refractivity contribution in [3.8, 4) is 0 Å². The third-order valence-corrected chi connectivity index (χ3v) is 2.40. The van der Waals surface area contributed by atoms with Crippen LogP contribution in [-0.2, 0) is 0 Å². The van der Waals surface area contributed by atoms with Crippen molar-refractivity contribution < 1.29 is 0 Å². The summed E-state index contributed by atoms with van der Waals surface area (Å²) in [5.74, 6) is 0. The minimum atomic E-state index is 0.653. The van der Waals surface area contributed by atoms with E-state index in [2.05, 4.69) is 44.8 Å². The van der Waals surface area contributed by atoms with E-state index in [9.17, 15) is 0 Å². The van der Waals surface area contributed by atoms with E-state index in [-0.39, 0.29) is 0 Å². The molecule has 1 atom stereocenters. The molecule has 0 aromatic carbocycles. The van der Waals surface area contributed by atoms with Gasteiger partial charge in [-0.25, -0.2) is 0 Å². The molecule has 1 N–H and O–H groups in total. The van der Waals surface area contributed by atoms with Gasteiger partial charge in [0.25, 0.3) is 0 Å². The Labute approximate surface area is 83.7 Å². The van der Waals surface area contributed by atoms with Crippen molar-refractivity contribution in [1.82, 2.24) is 10.2 Å². The van der Waals surface area contributed by atoms with Gasteiger partial charge in [-0.3, -0.25) is 4.90 Å². The SMILES string of the molecule is CCCN(C(C)C)C(C)CNCC. The zero-order valence-electron chi connectivity index (χ0n) is 9.93. The molecule has 0 rings (SSSR count). The second-order valence-electron chi connectivity index (χ2n) is 3.99. The molecule has 80 valence electrons. The van der Waals surface area contributed by atoms with E-state index in [1.165, 1.54) is 13.0 Å². The molecule has 0 aromatic heterocycles. The molecule has 0 saturated heterocycles. The lowest BCUT2D eigenvalue weighted by molar-refractivity contribution is 0.162. The minimum Gasteiger partial charge on any atom is -0.315 e. The lowest BCUT2D eigenvalue weighted by Gasteiger charge is -2.32. The summed E-state index contributed by atoms with van der Waals surface area (Å²) < 4.78 is 0. The molecule has 0 saturated carbocycles.